The third-order valence-corrected chi connectivity index (χ3v) is 4.60. The van der Waals surface area contributed by atoms with Gasteiger partial charge in [0.25, 0.3) is 11.8 Å². The highest BCUT2D eigenvalue weighted by Gasteiger charge is 2.30. The Kier molecular flexibility index (Phi) is 6.07. The number of rotatable bonds is 7. The molecule has 0 saturated carbocycles. The SMILES string of the molecule is O=C(CCNC(=O)c1n[nH]c2ccccc12)OCc1nc(-c2ccc(C(F)(F)F)cc2)no1. The molecule has 0 fully saturated rings. The standard InChI is InChI=1S/C21H16F3N5O4/c22-21(23,24)13-7-5-12(6-8-13)19-26-16(33-29-19)11-32-17(30)9-10-25-20(31)18-14-3-1-2-4-15(14)27-28-18/h1-8H,9-11H2,(H,25,31)(H,27,28). The first kappa shape index (κ1) is 22.0. The van der Waals surface area contributed by atoms with Crippen molar-refractivity contribution < 1.29 is 32.0 Å². The van der Waals surface area contributed by atoms with Crippen molar-refractivity contribution in [1.29, 1.82) is 0 Å². The van der Waals surface area contributed by atoms with Crippen molar-refractivity contribution in [2.24, 2.45) is 0 Å². The number of halogens is 3. The summed E-state index contributed by atoms with van der Waals surface area (Å²) in [6.07, 6.45) is -4.55. The van der Waals surface area contributed by atoms with Gasteiger partial charge >= 0.3 is 12.1 Å². The van der Waals surface area contributed by atoms with Gasteiger partial charge in [-0.2, -0.15) is 23.3 Å². The number of carbonyl (C=O) groups excluding carboxylic acids is 2. The minimum atomic E-state index is -4.44. The lowest BCUT2D eigenvalue weighted by Gasteiger charge is -2.05. The van der Waals surface area contributed by atoms with Crippen molar-refractivity contribution in [3.05, 3.63) is 65.7 Å². The van der Waals surface area contributed by atoms with Gasteiger partial charge in [-0.25, -0.2) is 0 Å². The molecule has 2 heterocycles. The summed E-state index contributed by atoms with van der Waals surface area (Å²) in [5.74, 6) is -1.01. The van der Waals surface area contributed by atoms with Gasteiger partial charge in [-0.15, -0.1) is 0 Å². The van der Waals surface area contributed by atoms with Crippen LogP contribution in [-0.2, 0) is 22.3 Å². The Hall–Kier alpha value is -4.22. The quantitative estimate of drug-likeness (QED) is 0.406. The molecule has 0 aliphatic heterocycles. The number of para-hydroxylation sites is 1. The number of amides is 1. The highest BCUT2D eigenvalue weighted by atomic mass is 19.4. The van der Waals surface area contributed by atoms with Gasteiger partial charge in [0.2, 0.25) is 5.82 Å². The van der Waals surface area contributed by atoms with Crippen LogP contribution in [0.2, 0.25) is 0 Å². The monoisotopic (exact) mass is 459 g/mol. The molecule has 9 nitrogen and oxygen atoms in total. The zero-order valence-electron chi connectivity index (χ0n) is 16.8. The van der Waals surface area contributed by atoms with Crippen LogP contribution in [0.3, 0.4) is 0 Å². The van der Waals surface area contributed by atoms with E-state index in [4.69, 9.17) is 9.26 Å². The van der Waals surface area contributed by atoms with Gasteiger partial charge in [0, 0.05) is 17.5 Å². The summed E-state index contributed by atoms with van der Waals surface area (Å²) in [4.78, 5) is 28.2. The molecule has 1 amide bonds. The fourth-order valence-corrected chi connectivity index (χ4v) is 2.95. The van der Waals surface area contributed by atoms with Gasteiger partial charge in [0.1, 0.15) is 0 Å². The minimum absolute atomic E-state index is 0.0229. The maximum Gasteiger partial charge on any atom is 0.416 e. The van der Waals surface area contributed by atoms with E-state index in [0.29, 0.717) is 10.9 Å². The minimum Gasteiger partial charge on any atom is -0.456 e. The van der Waals surface area contributed by atoms with Crippen LogP contribution in [0, 0.1) is 0 Å². The first-order valence-corrected chi connectivity index (χ1v) is 9.68. The topological polar surface area (TPSA) is 123 Å². The molecule has 4 aromatic rings. The maximum absolute atomic E-state index is 12.6. The van der Waals surface area contributed by atoms with Gasteiger partial charge in [-0.05, 0) is 18.2 Å². The average Bonchev–Trinajstić information content (AvgIpc) is 3.44. The summed E-state index contributed by atoms with van der Waals surface area (Å²) in [5.41, 5.74) is 0.465. The fourth-order valence-electron chi connectivity index (χ4n) is 2.95. The van der Waals surface area contributed by atoms with Crippen LogP contribution < -0.4 is 5.32 Å². The zero-order chi connectivity index (χ0) is 23.4. The average molecular weight is 459 g/mol. The smallest absolute Gasteiger partial charge is 0.416 e. The Morgan fingerprint density at radius 1 is 1.09 bits per heavy atom. The molecule has 12 heteroatoms. The summed E-state index contributed by atoms with van der Waals surface area (Å²) in [6.45, 7) is -0.288. The van der Waals surface area contributed by atoms with Gasteiger partial charge in [-0.3, -0.25) is 14.7 Å². The number of fused-ring (bicyclic) bond motifs is 1. The Morgan fingerprint density at radius 3 is 2.61 bits per heavy atom. The molecule has 0 spiro atoms. The summed E-state index contributed by atoms with van der Waals surface area (Å²) >= 11 is 0. The lowest BCUT2D eigenvalue weighted by molar-refractivity contribution is -0.145. The lowest BCUT2D eigenvalue weighted by atomic mass is 10.1. The van der Waals surface area contributed by atoms with Crippen molar-refractivity contribution in [2.75, 3.05) is 6.54 Å². The number of aromatic amines is 1. The van der Waals surface area contributed by atoms with E-state index in [2.05, 4.69) is 25.7 Å². The Labute approximate surface area is 183 Å². The molecule has 2 aromatic carbocycles. The highest BCUT2D eigenvalue weighted by molar-refractivity contribution is 6.04. The van der Waals surface area contributed by atoms with E-state index >= 15 is 0 Å². The second-order valence-corrected chi connectivity index (χ2v) is 6.87. The van der Waals surface area contributed by atoms with Crippen LogP contribution in [0.25, 0.3) is 22.3 Å². The number of esters is 1. The molecule has 0 unspecified atom stereocenters. The lowest BCUT2D eigenvalue weighted by Crippen LogP contribution is -2.27. The molecule has 2 N–H and O–H groups in total. The third-order valence-electron chi connectivity index (χ3n) is 4.60. The summed E-state index contributed by atoms with van der Waals surface area (Å²) in [5, 5.41) is 13.7. The zero-order valence-corrected chi connectivity index (χ0v) is 16.8. The molecular weight excluding hydrogens is 443 g/mol. The van der Waals surface area contributed by atoms with Crippen LogP contribution in [0.1, 0.15) is 28.4 Å². The van der Waals surface area contributed by atoms with E-state index in [1.807, 2.05) is 6.07 Å². The molecule has 0 aliphatic carbocycles. The Morgan fingerprint density at radius 2 is 1.85 bits per heavy atom. The van der Waals surface area contributed by atoms with Crippen molar-refractivity contribution in [2.45, 2.75) is 19.2 Å². The third kappa shape index (κ3) is 5.17. The molecule has 170 valence electrons. The van der Waals surface area contributed by atoms with Crippen LogP contribution in [0.15, 0.2) is 53.1 Å². The van der Waals surface area contributed by atoms with Gasteiger partial charge in [0.15, 0.2) is 12.3 Å². The number of nitrogens with one attached hydrogen (secondary N) is 2. The summed E-state index contributed by atoms with van der Waals surface area (Å²) < 4.78 is 47.9. The Bertz CT molecular complexity index is 1280. The molecule has 2 aromatic heterocycles. The van der Waals surface area contributed by atoms with E-state index in [0.717, 1.165) is 17.6 Å². The molecule has 0 bridgehead atoms. The molecular formula is C21H16F3N5O4. The van der Waals surface area contributed by atoms with Crippen LogP contribution in [-0.4, -0.2) is 38.8 Å². The van der Waals surface area contributed by atoms with Crippen molar-refractivity contribution >= 4 is 22.8 Å². The van der Waals surface area contributed by atoms with E-state index in [-0.39, 0.29) is 37.0 Å². The largest absolute Gasteiger partial charge is 0.456 e. The molecule has 0 radical (unpaired) electrons. The van der Waals surface area contributed by atoms with E-state index in [1.165, 1.54) is 12.1 Å². The summed E-state index contributed by atoms with van der Waals surface area (Å²) in [7, 11) is 0. The van der Waals surface area contributed by atoms with Crippen molar-refractivity contribution in [3.63, 3.8) is 0 Å². The van der Waals surface area contributed by atoms with Crippen molar-refractivity contribution in [1.82, 2.24) is 25.7 Å². The van der Waals surface area contributed by atoms with E-state index in [9.17, 15) is 22.8 Å². The van der Waals surface area contributed by atoms with Crippen LogP contribution in [0.5, 0.6) is 0 Å². The first-order chi connectivity index (χ1) is 15.8. The number of hydrogen-bond donors (Lipinski definition) is 2. The predicted molar refractivity (Wildman–Crippen MR) is 108 cm³/mol. The number of alkyl halides is 3. The van der Waals surface area contributed by atoms with Gasteiger partial charge in [-0.1, -0.05) is 35.5 Å². The van der Waals surface area contributed by atoms with Crippen molar-refractivity contribution in [3.8, 4) is 11.4 Å². The van der Waals surface area contributed by atoms with Crippen LogP contribution >= 0.6 is 0 Å². The van der Waals surface area contributed by atoms with Crippen LogP contribution in [0.4, 0.5) is 13.2 Å². The van der Waals surface area contributed by atoms with Gasteiger partial charge in [0.05, 0.1) is 17.5 Å². The van der Waals surface area contributed by atoms with E-state index < -0.39 is 23.6 Å². The maximum atomic E-state index is 12.6. The number of benzene rings is 2. The number of carbonyl (C=O) groups is 2. The molecule has 4 rings (SSSR count). The predicted octanol–water partition coefficient (Wildman–Crippen LogP) is 3.50. The highest BCUT2D eigenvalue weighted by Crippen LogP contribution is 2.30. The number of hydrogen-bond acceptors (Lipinski definition) is 7. The normalized spacial score (nSPS) is 11.5. The van der Waals surface area contributed by atoms with E-state index in [1.54, 1.807) is 18.2 Å². The second-order valence-electron chi connectivity index (χ2n) is 6.87. The fraction of sp³-hybridized carbons (Fsp3) is 0.190. The second kappa shape index (κ2) is 9.10. The molecule has 0 atom stereocenters. The number of nitrogens with zero attached hydrogens (tertiary/aromatic N) is 3. The van der Waals surface area contributed by atoms with Gasteiger partial charge < -0.3 is 14.6 Å². The number of ether oxygens (including phenoxy) is 1. The first-order valence-electron chi connectivity index (χ1n) is 9.68. The summed E-state index contributed by atoms with van der Waals surface area (Å²) in [6, 6.07) is 11.4. The molecule has 0 aliphatic rings. The molecule has 0 saturated heterocycles. The number of aromatic nitrogens is 4. The Balaban J connectivity index is 1.24. The molecule has 33 heavy (non-hydrogen) atoms. The number of H-pyrrole nitrogens is 1.